The van der Waals surface area contributed by atoms with E-state index in [1.54, 1.807) is 6.07 Å². The van der Waals surface area contributed by atoms with Crippen LogP contribution in [0.3, 0.4) is 0 Å². The van der Waals surface area contributed by atoms with Gasteiger partial charge >= 0.3 is 0 Å². The zero-order valence-electron chi connectivity index (χ0n) is 12.1. The smallest absolute Gasteiger partial charge is 0.287 e. The first kappa shape index (κ1) is 17.7. The number of thiophene rings is 1. The summed E-state index contributed by atoms with van der Waals surface area (Å²) in [6, 6.07) is 3.52. The maximum atomic E-state index is 12.2. The fraction of sp³-hybridized carbons (Fsp3) is 0.286. The number of nitrogens with one attached hydrogen (secondary N) is 1. The molecule has 0 unspecified atom stereocenters. The van der Waals surface area contributed by atoms with Crippen LogP contribution >= 0.6 is 34.5 Å². The van der Waals surface area contributed by atoms with Gasteiger partial charge in [0.05, 0.1) is 16.1 Å². The van der Waals surface area contributed by atoms with Crippen molar-refractivity contribution in [2.24, 2.45) is 0 Å². The first-order valence-electron chi connectivity index (χ1n) is 6.66. The normalized spacial score (nSPS) is 10.6. The van der Waals surface area contributed by atoms with Crippen molar-refractivity contribution in [2.45, 2.75) is 19.9 Å². The summed E-state index contributed by atoms with van der Waals surface area (Å²) in [5.41, 5.74) is -0.602. The van der Waals surface area contributed by atoms with Crippen LogP contribution in [0.25, 0.3) is 0 Å². The van der Waals surface area contributed by atoms with Crippen LogP contribution in [-0.2, 0) is 17.8 Å². The molecule has 0 spiro atoms. The molecular weight excluding hydrogens is 361 g/mol. The van der Waals surface area contributed by atoms with E-state index in [4.69, 9.17) is 23.2 Å². The Labute approximate surface area is 146 Å². The lowest BCUT2D eigenvalue weighted by molar-refractivity contribution is -0.118. The summed E-state index contributed by atoms with van der Waals surface area (Å²) < 4.78 is 0.979. The van der Waals surface area contributed by atoms with Gasteiger partial charge in [-0.25, -0.2) is 4.68 Å². The van der Waals surface area contributed by atoms with E-state index in [2.05, 4.69) is 10.4 Å². The highest BCUT2D eigenvalue weighted by Gasteiger charge is 2.14. The molecule has 0 atom stereocenters. The molecule has 0 saturated heterocycles. The highest BCUT2D eigenvalue weighted by Crippen LogP contribution is 2.18. The lowest BCUT2D eigenvalue weighted by Gasteiger charge is -2.03. The molecule has 0 radical (unpaired) electrons. The Balaban J connectivity index is 2.04. The Kier molecular flexibility index (Phi) is 5.92. The Bertz CT molecular complexity index is 801. The largest absolute Gasteiger partial charge is 0.356 e. The molecule has 0 aliphatic rings. The molecular formula is C14H13Cl2N3O3S. The van der Waals surface area contributed by atoms with Crippen molar-refractivity contribution in [1.29, 1.82) is 0 Å². The maximum absolute atomic E-state index is 12.2. The molecule has 0 fully saturated rings. The highest BCUT2D eigenvalue weighted by atomic mass is 35.5. The van der Waals surface area contributed by atoms with E-state index >= 15 is 0 Å². The second-order valence-electron chi connectivity index (χ2n) is 4.69. The minimum atomic E-state index is -0.602. The Hall–Kier alpha value is -1.70. The monoisotopic (exact) mass is 373 g/mol. The number of rotatable bonds is 6. The van der Waals surface area contributed by atoms with Crippen LogP contribution in [0.1, 0.15) is 21.5 Å². The van der Waals surface area contributed by atoms with Crippen LogP contribution in [0.5, 0.6) is 0 Å². The lowest BCUT2D eigenvalue weighted by Crippen LogP contribution is -2.26. The van der Waals surface area contributed by atoms with Gasteiger partial charge in [0.25, 0.3) is 5.56 Å². The Morgan fingerprint density at radius 2 is 2.09 bits per heavy atom. The molecule has 2 aromatic rings. The number of Topliss-reactive ketones (excluding diaryl/α,β-unsaturated/α-hetero) is 1. The Morgan fingerprint density at radius 3 is 2.78 bits per heavy atom. The summed E-state index contributed by atoms with van der Waals surface area (Å²) >= 11 is 12.8. The molecule has 0 aliphatic heterocycles. The van der Waals surface area contributed by atoms with Crippen LogP contribution < -0.4 is 10.9 Å². The molecule has 1 amide bonds. The van der Waals surface area contributed by atoms with E-state index in [9.17, 15) is 14.4 Å². The van der Waals surface area contributed by atoms with E-state index < -0.39 is 5.56 Å². The molecule has 2 heterocycles. The topological polar surface area (TPSA) is 81.1 Å². The van der Waals surface area contributed by atoms with E-state index in [1.165, 1.54) is 24.5 Å². The third-order valence-corrected chi connectivity index (χ3v) is 4.85. The van der Waals surface area contributed by atoms with E-state index in [-0.39, 0.29) is 28.3 Å². The van der Waals surface area contributed by atoms with Crippen LogP contribution in [0.4, 0.5) is 0 Å². The van der Waals surface area contributed by atoms with Crippen LogP contribution in [0, 0.1) is 0 Å². The SMILES string of the molecule is CC(=O)NCCc1ccc(C(=O)Cn2ncc(Cl)c(Cl)c2=O)s1. The lowest BCUT2D eigenvalue weighted by atomic mass is 10.3. The van der Waals surface area contributed by atoms with E-state index in [1.807, 2.05) is 6.07 Å². The average molecular weight is 374 g/mol. The van der Waals surface area contributed by atoms with Crippen LogP contribution in [0.15, 0.2) is 23.1 Å². The number of carbonyl (C=O) groups is 2. The number of halogens is 2. The minimum absolute atomic E-state index is 0.0525. The predicted molar refractivity (Wildman–Crippen MR) is 89.6 cm³/mol. The molecule has 1 N–H and O–H groups in total. The Morgan fingerprint density at radius 1 is 1.35 bits per heavy atom. The zero-order valence-corrected chi connectivity index (χ0v) is 14.5. The zero-order chi connectivity index (χ0) is 17.0. The summed E-state index contributed by atoms with van der Waals surface area (Å²) in [7, 11) is 0. The van der Waals surface area contributed by atoms with E-state index in [0.717, 1.165) is 9.56 Å². The molecule has 2 rings (SSSR count). The molecule has 0 aromatic carbocycles. The standard InChI is InChI=1S/C14H13Cl2N3O3S/c1-8(20)17-5-4-9-2-3-12(23-9)11(21)7-19-14(22)13(16)10(15)6-18-19/h2-3,6H,4-5,7H2,1H3,(H,17,20). The number of aromatic nitrogens is 2. The van der Waals surface area contributed by atoms with Gasteiger partial charge in [-0.15, -0.1) is 11.3 Å². The van der Waals surface area contributed by atoms with Gasteiger partial charge in [0.2, 0.25) is 5.91 Å². The summed E-state index contributed by atoms with van der Waals surface area (Å²) in [4.78, 5) is 36.4. The van der Waals surface area contributed by atoms with Crippen molar-refractivity contribution >= 4 is 46.2 Å². The van der Waals surface area contributed by atoms with Gasteiger partial charge < -0.3 is 5.32 Å². The first-order valence-corrected chi connectivity index (χ1v) is 8.23. The van der Waals surface area contributed by atoms with Gasteiger partial charge in [-0.1, -0.05) is 23.2 Å². The van der Waals surface area contributed by atoms with Gasteiger partial charge in [0.1, 0.15) is 11.6 Å². The summed E-state index contributed by atoms with van der Waals surface area (Å²) in [5.74, 6) is -0.336. The van der Waals surface area contributed by atoms with Crippen molar-refractivity contribution in [1.82, 2.24) is 15.1 Å². The fourth-order valence-electron chi connectivity index (χ4n) is 1.80. The van der Waals surface area contributed by atoms with Gasteiger partial charge in [0, 0.05) is 18.3 Å². The second kappa shape index (κ2) is 7.72. The number of hydrogen-bond acceptors (Lipinski definition) is 5. The quantitative estimate of drug-likeness (QED) is 0.786. The second-order valence-corrected chi connectivity index (χ2v) is 6.64. The van der Waals surface area contributed by atoms with Crippen LogP contribution in [-0.4, -0.2) is 28.0 Å². The molecule has 0 bridgehead atoms. The van der Waals surface area contributed by atoms with Crippen molar-refractivity contribution in [3.05, 3.63) is 48.5 Å². The van der Waals surface area contributed by atoms with Crippen molar-refractivity contribution in [3.63, 3.8) is 0 Å². The van der Waals surface area contributed by atoms with Crippen molar-refractivity contribution in [3.8, 4) is 0 Å². The van der Waals surface area contributed by atoms with E-state index in [0.29, 0.717) is 17.8 Å². The highest BCUT2D eigenvalue weighted by molar-refractivity contribution is 7.14. The third-order valence-electron chi connectivity index (χ3n) is 2.92. The number of carbonyl (C=O) groups excluding carboxylic acids is 2. The summed E-state index contributed by atoms with van der Waals surface area (Å²) in [6.45, 7) is 1.75. The van der Waals surface area contributed by atoms with Crippen LogP contribution in [0.2, 0.25) is 10.0 Å². The molecule has 0 saturated carbocycles. The number of ketones is 1. The van der Waals surface area contributed by atoms with Crippen molar-refractivity contribution in [2.75, 3.05) is 6.54 Å². The molecule has 9 heteroatoms. The van der Waals surface area contributed by atoms with Gasteiger partial charge in [-0.2, -0.15) is 5.10 Å². The summed E-state index contributed by atoms with van der Waals surface area (Å²) in [6.07, 6.45) is 1.87. The number of nitrogens with zero attached hydrogens (tertiary/aromatic N) is 2. The summed E-state index contributed by atoms with van der Waals surface area (Å²) in [5, 5.41) is 6.39. The maximum Gasteiger partial charge on any atom is 0.287 e. The number of amides is 1. The number of hydrogen-bond donors (Lipinski definition) is 1. The van der Waals surface area contributed by atoms with Gasteiger partial charge in [-0.05, 0) is 18.6 Å². The first-order chi connectivity index (χ1) is 10.9. The van der Waals surface area contributed by atoms with Crippen molar-refractivity contribution < 1.29 is 9.59 Å². The van der Waals surface area contributed by atoms with Gasteiger partial charge in [-0.3, -0.25) is 14.4 Å². The molecule has 122 valence electrons. The third kappa shape index (κ3) is 4.63. The predicted octanol–water partition coefficient (Wildman–Crippen LogP) is 2.17. The average Bonchev–Trinajstić information content (AvgIpc) is 2.96. The molecule has 2 aromatic heterocycles. The molecule has 6 nitrogen and oxygen atoms in total. The fourth-order valence-corrected chi connectivity index (χ4v) is 3.00. The minimum Gasteiger partial charge on any atom is -0.356 e. The molecule has 0 aliphatic carbocycles. The van der Waals surface area contributed by atoms with Gasteiger partial charge in [0.15, 0.2) is 5.78 Å². The molecule has 23 heavy (non-hydrogen) atoms.